The first-order valence-electron chi connectivity index (χ1n) is 20.6. The number of rotatable bonds is 11. The zero-order chi connectivity index (χ0) is 39.1. The first-order valence-corrected chi connectivity index (χ1v) is 20.9. The van der Waals surface area contributed by atoms with Crippen molar-refractivity contribution in [1.29, 1.82) is 0 Å². The van der Waals surface area contributed by atoms with Crippen molar-refractivity contribution in [2.75, 3.05) is 25.0 Å². The summed E-state index contributed by atoms with van der Waals surface area (Å²) in [6.07, 6.45) is 11.7. The van der Waals surface area contributed by atoms with Crippen molar-refractivity contribution >= 4 is 34.9 Å². The van der Waals surface area contributed by atoms with Crippen LogP contribution in [0.15, 0.2) is 36.4 Å². The lowest BCUT2D eigenvalue weighted by molar-refractivity contribution is -0.143. The largest absolute Gasteiger partial charge is 0.481 e. The number of carboxylic acids is 1. The van der Waals surface area contributed by atoms with E-state index in [2.05, 4.69) is 15.1 Å². The molecule has 2 fully saturated rings. The van der Waals surface area contributed by atoms with E-state index in [0.29, 0.717) is 40.9 Å². The second-order valence-corrected chi connectivity index (χ2v) is 17.0. The number of nitrogens with one attached hydrogen (secondary N) is 1. The number of fused-ring (bicyclic) bond motifs is 2. The lowest BCUT2D eigenvalue weighted by atomic mass is 9.80. The summed E-state index contributed by atoms with van der Waals surface area (Å²) in [6.45, 7) is 6.41. The normalized spacial score (nSPS) is 20.5. The summed E-state index contributed by atoms with van der Waals surface area (Å²) in [6, 6.07) is 12.2. The Morgan fingerprint density at radius 1 is 0.839 bits per heavy atom. The highest BCUT2D eigenvalue weighted by Gasteiger charge is 2.32. The third kappa shape index (κ3) is 7.70. The monoisotopic (exact) mass is 779 g/mol. The number of halogens is 1. The second-order valence-electron chi connectivity index (χ2n) is 16.6. The number of amides is 1. The fourth-order valence-electron chi connectivity index (χ4n) is 9.85. The fourth-order valence-corrected chi connectivity index (χ4v) is 10.1. The maximum atomic E-state index is 13.8. The van der Waals surface area contributed by atoms with E-state index >= 15 is 0 Å². The minimum Gasteiger partial charge on any atom is -0.481 e. The van der Waals surface area contributed by atoms with Crippen LogP contribution in [0.3, 0.4) is 0 Å². The molecule has 8 rings (SSSR count). The lowest BCUT2D eigenvalue weighted by Crippen LogP contribution is -2.38. The van der Waals surface area contributed by atoms with Crippen molar-refractivity contribution in [3.63, 3.8) is 0 Å². The maximum Gasteiger partial charge on any atom is 0.306 e. The Balaban J connectivity index is 0.924. The number of benzene rings is 2. The Morgan fingerprint density at radius 2 is 1.50 bits per heavy atom. The molecule has 0 saturated heterocycles. The summed E-state index contributed by atoms with van der Waals surface area (Å²) in [5, 5.41) is 12.8. The highest BCUT2D eigenvalue weighted by Crippen LogP contribution is 2.37. The molecule has 2 aliphatic carbocycles. The Labute approximate surface area is 334 Å². The van der Waals surface area contributed by atoms with Gasteiger partial charge >= 0.3 is 5.97 Å². The van der Waals surface area contributed by atoms with Gasteiger partial charge in [-0.2, -0.15) is 0 Å². The minimum absolute atomic E-state index is 0.00228. The minimum atomic E-state index is -0.661. The van der Waals surface area contributed by atoms with Gasteiger partial charge in [0.25, 0.3) is 5.91 Å². The molecule has 4 aromatic rings. The molecule has 0 unspecified atom stereocenters. The zero-order valence-electron chi connectivity index (χ0n) is 33.0. The van der Waals surface area contributed by atoms with Crippen molar-refractivity contribution in [3.8, 4) is 11.1 Å². The van der Waals surface area contributed by atoms with E-state index in [0.717, 1.165) is 110 Å². The first kappa shape index (κ1) is 38.5. The van der Waals surface area contributed by atoms with Crippen molar-refractivity contribution in [2.24, 2.45) is 25.9 Å². The third-order valence-electron chi connectivity index (χ3n) is 13.3. The number of anilines is 1. The van der Waals surface area contributed by atoms with Crippen LogP contribution < -0.4 is 5.32 Å². The molecule has 12 heteroatoms. The Hall–Kier alpha value is -4.32. The van der Waals surface area contributed by atoms with Gasteiger partial charge in [-0.25, -0.2) is 9.97 Å². The topological polar surface area (TPSA) is 126 Å². The van der Waals surface area contributed by atoms with Crippen molar-refractivity contribution in [2.45, 2.75) is 103 Å². The predicted molar refractivity (Wildman–Crippen MR) is 217 cm³/mol. The van der Waals surface area contributed by atoms with Gasteiger partial charge in [-0.15, -0.1) is 0 Å². The summed E-state index contributed by atoms with van der Waals surface area (Å²) in [7, 11) is 3.87. The Morgan fingerprint density at radius 3 is 2.25 bits per heavy atom. The van der Waals surface area contributed by atoms with Crippen LogP contribution in [0.2, 0.25) is 5.02 Å². The molecule has 2 aromatic heterocycles. The number of aliphatic carboxylic acids is 1. The molecule has 0 atom stereocenters. The van der Waals surface area contributed by atoms with E-state index in [1.54, 1.807) is 6.07 Å². The number of hydrogen-bond acceptors (Lipinski definition) is 7. The average molecular weight is 780 g/mol. The number of imidazole rings is 2. The van der Waals surface area contributed by atoms with Crippen molar-refractivity contribution < 1.29 is 19.5 Å². The number of hydrogen-bond donors (Lipinski definition) is 2. The predicted octanol–water partition coefficient (Wildman–Crippen LogP) is 7.40. The van der Waals surface area contributed by atoms with Gasteiger partial charge in [0.15, 0.2) is 11.6 Å². The Bertz CT molecular complexity index is 2140. The molecule has 4 aliphatic rings. The van der Waals surface area contributed by atoms with Gasteiger partial charge in [-0.3, -0.25) is 24.2 Å². The smallest absolute Gasteiger partial charge is 0.306 e. The second kappa shape index (κ2) is 16.3. The van der Waals surface area contributed by atoms with E-state index in [1.165, 1.54) is 31.4 Å². The van der Waals surface area contributed by atoms with E-state index < -0.39 is 5.97 Å². The molecule has 2 saturated carbocycles. The Kier molecular flexibility index (Phi) is 11.2. The van der Waals surface area contributed by atoms with Crippen molar-refractivity contribution in [1.82, 2.24) is 28.9 Å². The zero-order valence-corrected chi connectivity index (χ0v) is 33.7. The third-order valence-corrected chi connectivity index (χ3v) is 13.7. The molecule has 2 N–H and O–H groups in total. The molecular weight excluding hydrogens is 726 g/mol. The molecule has 11 nitrogen and oxygen atoms in total. The van der Waals surface area contributed by atoms with E-state index in [9.17, 15) is 19.5 Å². The summed E-state index contributed by atoms with van der Waals surface area (Å²) in [5.74, 6) is 0.279. The molecule has 0 bridgehead atoms. The molecule has 2 aromatic carbocycles. The van der Waals surface area contributed by atoms with Crippen LogP contribution in [0, 0.1) is 18.8 Å². The summed E-state index contributed by atoms with van der Waals surface area (Å²) in [4.78, 5) is 53.6. The van der Waals surface area contributed by atoms with Gasteiger partial charge in [-0.1, -0.05) is 54.8 Å². The SMILES string of the molecule is Cc1c(CC(=O)c2nc3c(n2C)CCN(C2CCCC2)C3)cccc1-c1cccc(NC(=O)c2nc3c(n2C)CCN(CCC2CCC(C(=O)O)CC2)C3)c1Cl. The molecule has 296 valence electrons. The highest BCUT2D eigenvalue weighted by molar-refractivity contribution is 6.36. The number of carbonyl (C=O) groups is 3. The van der Waals surface area contributed by atoms with E-state index in [-0.39, 0.29) is 24.0 Å². The number of aromatic nitrogens is 4. The summed E-state index contributed by atoms with van der Waals surface area (Å²) >= 11 is 7.06. The quantitative estimate of drug-likeness (QED) is 0.151. The molecular formula is C44H54ClN7O4. The van der Waals surface area contributed by atoms with Crippen LogP contribution >= 0.6 is 11.6 Å². The number of carboxylic acid groups (broad SMARTS) is 1. The molecule has 0 spiro atoms. The van der Waals surface area contributed by atoms with Crippen LogP contribution in [-0.4, -0.2) is 77.3 Å². The number of carbonyl (C=O) groups excluding carboxylic acids is 2. The van der Waals surface area contributed by atoms with E-state index in [4.69, 9.17) is 21.6 Å². The number of Topliss-reactive ketones (excluding diaryl/α,β-unsaturated/α-hetero) is 1. The maximum absolute atomic E-state index is 13.8. The van der Waals surface area contributed by atoms with Crippen LogP contribution in [0.1, 0.15) is 113 Å². The number of nitrogens with zero attached hydrogens (tertiary/aromatic N) is 6. The standard InChI is InChI=1S/C44H54ClN7O4/c1-27-30(24-39(53)41-46-36-26-52(31-9-4-5-10-31)23-20-38(36)49(41)2)8-6-11-32(27)33-12-7-13-34(40(33)45)48-43(54)42-47-35-25-51(22-19-37(35)50(42)3)21-18-28-14-16-29(17-15-28)44(55)56/h6-8,11-13,28-29,31H,4-5,9-10,14-26H2,1-3H3,(H,48,54)(H,55,56). The number of ketones is 1. The van der Waals surface area contributed by atoms with Crippen LogP contribution in [0.4, 0.5) is 5.69 Å². The average Bonchev–Trinajstić information content (AvgIpc) is 3.94. The van der Waals surface area contributed by atoms with Gasteiger partial charge in [0.05, 0.1) is 28.0 Å². The van der Waals surface area contributed by atoms with Crippen LogP contribution in [0.5, 0.6) is 0 Å². The van der Waals surface area contributed by atoms with Gasteiger partial charge in [0.1, 0.15) is 0 Å². The van der Waals surface area contributed by atoms with Crippen LogP contribution in [0.25, 0.3) is 11.1 Å². The first-order chi connectivity index (χ1) is 27.0. The molecule has 4 heterocycles. The summed E-state index contributed by atoms with van der Waals surface area (Å²) < 4.78 is 3.92. The van der Waals surface area contributed by atoms with Gasteiger partial charge < -0.3 is 19.6 Å². The van der Waals surface area contributed by atoms with Gasteiger partial charge in [0, 0.05) is 82.5 Å². The van der Waals surface area contributed by atoms with E-state index in [1.807, 2.05) is 60.5 Å². The van der Waals surface area contributed by atoms with Gasteiger partial charge in [0.2, 0.25) is 5.78 Å². The molecule has 56 heavy (non-hydrogen) atoms. The van der Waals surface area contributed by atoms with Crippen molar-refractivity contribution in [3.05, 3.63) is 87.0 Å². The van der Waals surface area contributed by atoms with Gasteiger partial charge in [-0.05, 0) is 87.1 Å². The fraction of sp³-hybridized carbons (Fsp3) is 0.523. The lowest BCUT2D eigenvalue weighted by Gasteiger charge is -2.31. The highest BCUT2D eigenvalue weighted by atomic mass is 35.5. The molecule has 2 aliphatic heterocycles. The molecule has 1 amide bonds. The van der Waals surface area contributed by atoms with Crippen LogP contribution in [-0.2, 0) is 51.2 Å². The molecule has 0 radical (unpaired) electrons. The summed E-state index contributed by atoms with van der Waals surface area (Å²) in [5.41, 5.74) is 8.30.